The zero-order valence-electron chi connectivity index (χ0n) is 15.6. The summed E-state index contributed by atoms with van der Waals surface area (Å²) in [6.45, 7) is 0.154. The summed E-state index contributed by atoms with van der Waals surface area (Å²) >= 11 is 0. The summed E-state index contributed by atoms with van der Waals surface area (Å²) in [6, 6.07) is 14.0. The highest BCUT2D eigenvalue weighted by Crippen LogP contribution is 2.31. The summed E-state index contributed by atoms with van der Waals surface area (Å²) in [5, 5.41) is 2.70. The maximum Gasteiger partial charge on any atom is 0.351 e. The molecule has 150 valence electrons. The molecule has 1 unspecified atom stereocenters. The number of nitrogens with zero attached hydrogens (tertiary/aromatic N) is 1. The van der Waals surface area contributed by atoms with Gasteiger partial charge in [-0.15, -0.1) is 0 Å². The molecule has 0 saturated carbocycles. The van der Waals surface area contributed by atoms with Crippen molar-refractivity contribution in [2.75, 3.05) is 30.0 Å². The van der Waals surface area contributed by atoms with Crippen molar-refractivity contribution in [3.05, 3.63) is 48.5 Å². The Morgan fingerprint density at radius 3 is 2.66 bits per heavy atom. The van der Waals surface area contributed by atoms with Crippen molar-refractivity contribution in [3.63, 3.8) is 0 Å². The van der Waals surface area contributed by atoms with E-state index < -0.39 is 24.6 Å². The van der Waals surface area contributed by atoms with Crippen LogP contribution in [0.3, 0.4) is 0 Å². The monoisotopic (exact) mass is 396 g/mol. The number of nitrogens with one attached hydrogen (secondary N) is 1. The first-order valence-corrected chi connectivity index (χ1v) is 9.36. The van der Waals surface area contributed by atoms with Crippen molar-refractivity contribution in [2.45, 2.75) is 18.9 Å². The van der Waals surface area contributed by atoms with E-state index in [0.29, 0.717) is 35.8 Å². The van der Waals surface area contributed by atoms with Crippen LogP contribution in [0.1, 0.15) is 12.8 Å². The van der Waals surface area contributed by atoms with Gasteiger partial charge >= 0.3 is 5.97 Å². The standard InChI is InChI=1S/C21H20N2O6/c24-19(22-14-6-1-2-7-15(14)23-11-5-10-20(23)25)13-28-21(26)18-12-27-16-8-3-4-9-17(16)29-18/h1-4,6-9,18H,5,10-13H2,(H,22,24). The number of carbonyl (C=O) groups is 3. The van der Waals surface area contributed by atoms with Crippen molar-refractivity contribution in [1.82, 2.24) is 0 Å². The number of ether oxygens (including phenoxy) is 3. The predicted octanol–water partition coefficient (Wildman–Crippen LogP) is 2.14. The molecule has 8 heteroatoms. The highest BCUT2D eigenvalue weighted by atomic mass is 16.6. The van der Waals surface area contributed by atoms with E-state index in [1.807, 2.05) is 0 Å². The zero-order chi connectivity index (χ0) is 20.2. The average Bonchev–Trinajstić information content (AvgIpc) is 3.17. The predicted molar refractivity (Wildman–Crippen MR) is 104 cm³/mol. The molecule has 0 aliphatic carbocycles. The maximum absolute atomic E-state index is 12.3. The third kappa shape index (κ3) is 4.16. The summed E-state index contributed by atoms with van der Waals surface area (Å²) in [6.07, 6.45) is 0.338. The largest absolute Gasteiger partial charge is 0.485 e. The SMILES string of the molecule is O=C(COC(=O)C1COc2ccccc2O1)Nc1ccccc1N1CCCC1=O. The Bertz CT molecular complexity index is 944. The number of fused-ring (bicyclic) bond motifs is 1. The fourth-order valence-corrected chi connectivity index (χ4v) is 3.27. The molecule has 1 atom stereocenters. The number of amides is 2. The summed E-state index contributed by atoms with van der Waals surface area (Å²) in [4.78, 5) is 38.2. The van der Waals surface area contributed by atoms with Crippen molar-refractivity contribution < 1.29 is 28.6 Å². The number of rotatable bonds is 5. The quantitative estimate of drug-likeness (QED) is 0.779. The van der Waals surface area contributed by atoms with E-state index in [2.05, 4.69) is 5.32 Å². The molecule has 4 rings (SSSR count). The van der Waals surface area contributed by atoms with Gasteiger partial charge in [0.2, 0.25) is 12.0 Å². The van der Waals surface area contributed by atoms with E-state index in [9.17, 15) is 14.4 Å². The minimum Gasteiger partial charge on any atom is -0.485 e. The first-order chi connectivity index (χ1) is 14.1. The summed E-state index contributed by atoms with van der Waals surface area (Å²) in [5.74, 6) is -0.156. The molecule has 1 saturated heterocycles. The van der Waals surface area contributed by atoms with E-state index >= 15 is 0 Å². The number of para-hydroxylation sites is 4. The lowest BCUT2D eigenvalue weighted by atomic mass is 10.2. The van der Waals surface area contributed by atoms with Gasteiger partial charge in [-0.1, -0.05) is 24.3 Å². The number of esters is 1. The van der Waals surface area contributed by atoms with Gasteiger partial charge in [0, 0.05) is 13.0 Å². The van der Waals surface area contributed by atoms with Crippen LogP contribution in [0.25, 0.3) is 0 Å². The van der Waals surface area contributed by atoms with E-state index in [1.165, 1.54) is 0 Å². The molecule has 2 aliphatic rings. The van der Waals surface area contributed by atoms with Crippen molar-refractivity contribution in [1.29, 1.82) is 0 Å². The number of benzene rings is 2. The number of anilines is 2. The summed E-state index contributed by atoms with van der Waals surface area (Å²) in [5.41, 5.74) is 1.13. The average molecular weight is 396 g/mol. The molecule has 0 bridgehead atoms. The number of hydrogen-bond acceptors (Lipinski definition) is 6. The Kier molecular flexibility index (Phi) is 5.33. The summed E-state index contributed by atoms with van der Waals surface area (Å²) < 4.78 is 16.1. The van der Waals surface area contributed by atoms with E-state index in [-0.39, 0.29) is 12.5 Å². The first kappa shape index (κ1) is 18.8. The molecule has 1 fully saturated rings. The zero-order valence-corrected chi connectivity index (χ0v) is 15.6. The topological polar surface area (TPSA) is 94.2 Å². The van der Waals surface area contributed by atoms with E-state index in [0.717, 1.165) is 6.42 Å². The smallest absolute Gasteiger partial charge is 0.351 e. The Morgan fingerprint density at radius 2 is 1.86 bits per heavy atom. The maximum atomic E-state index is 12.3. The Morgan fingerprint density at radius 1 is 1.10 bits per heavy atom. The molecule has 0 aromatic heterocycles. The second kappa shape index (κ2) is 8.22. The van der Waals surface area contributed by atoms with Gasteiger partial charge in [0.25, 0.3) is 5.91 Å². The van der Waals surface area contributed by atoms with Crippen LogP contribution < -0.4 is 19.7 Å². The number of carbonyl (C=O) groups excluding carboxylic acids is 3. The molecule has 2 aromatic carbocycles. The lowest BCUT2D eigenvalue weighted by Gasteiger charge is -2.24. The van der Waals surface area contributed by atoms with Gasteiger partial charge in [0.15, 0.2) is 18.1 Å². The molecule has 0 radical (unpaired) electrons. The van der Waals surface area contributed by atoms with Crippen LogP contribution in [0.4, 0.5) is 11.4 Å². The minimum atomic E-state index is -0.938. The molecular weight excluding hydrogens is 376 g/mol. The normalized spacial score (nSPS) is 17.7. The van der Waals surface area contributed by atoms with Crippen molar-refractivity contribution in [2.24, 2.45) is 0 Å². The van der Waals surface area contributed by atoms with Gasteiger partial charge in [-0.25, -0.2) is 4.79 Å². The molecule has 29 heavy (non-hydrogen) atoms. The van der Waals surface area contributed by atoms with Crippen LogP contribution in [-0.4, -0.2) is 43.6 Å². The van der Waals surface area contributed by atoms with Gasteiger partial charge < -0.3 is 24.4 Å². The van der Waals surface area contributed by atoms with Crippen molar-refractivity contribution in [3.8, 4) is 11.5 Å². The van der Waals surface area contributed by atoms with E-state index in [1.54, 1.807) is 53.4 Å². The van der Waals surface area contributed by atoms with Crippen LogP contribution in [0.2, 0.25) is 0 Å². The molecule has 1 N–H and O–H groups in total. The molecule has 0 spiro atoms. The number of hydrogen-bond donors (Lipinski definition) is 1. The van der Waals surface area contributed by atoms with Crippen molar-refractivity contribution >= 4 is 29.2 Å². The minimum absolute atomic E-state index is 0.0113. The Hall–Kier alpha value is -3.55. The second-order valence-electron chi connectivity index (χ2n) is 6.69. The van der Waals surface area contributed by atoms with Crippen LogP contribution >= 0.6 is 0 Å². The van der Waals surface area contributed by atoms with Gasteiger partial charge in [-0.2, -0.15) is 0 Å². The molecule has 2 amide bonds. The fourth-order valence-electron chi connectivity index (χ4n) is 3.27. The second-order valence-corrected chi connectivity index (χ2v) is 6.69. The molecule has 2 heterocycles. The van der Waals surface area contributed by atoms with Gasteiger partial charge in [0.05, 0.1) is 11.4 Å². The van der Waals surface area contributed by atoms with Crippen LogP contribution in [0.15, 0.2) is 48.5 Å². The third-order valence-corrected chi connectivity index (χ3v) is 4.66. The highest BCUT2D eigenvalue weighted by Gasteiger charge is 2.29. The molecule has 2 aliphatic heterocycles. The highest BCUT2D eigenvalue weighted by molar-refractivity contribution is 6.02. The molecular formula is C21H20N2O6. The van der Waals surface area contributed by atoms with Crippen LogP contribution in [-0.2, 0) is 19.1 Å². The van der Waals surface area contributed by atoms with Crippen LogP contribution in [0.5, 0.6) is 11.5 Å². The molecule has 2 aromatic rings. The fraction of sp³-hybridized carbons (Fsp3) is 0.286. The van der Waals surface area contributed by atoms with E-state index in [4.69, 9.17) is 14.2 Å². The first-order valence-electron chi connectivity index (χ1n) is 9.36. The van der Waals surface area contributed by atoms with Crippen LogP contribution in [0, 0.1) is 0 Å². The Balaban J connectivity index is 1.33. The lowest BCUT2D eigenvalue weighted by Crippen LogP contribution is -2.39. The van der Waals surface area contributed by atoms with Gasteiger partial charge in [-0.05, 0) is 30.7 Å². The summed E-state index contributed by atoms with van der Waals surface area (Å²) in [7, 11) is 0. The van der Waals surface area contributed by atoms with Gasteiger partial charge in [-0.3, -0.25) is 9.59 Å². The third-order valence-electron chi connectivity index (χ3n) is 4.66. The Labute approximate surface area is 167 Å². The lowest BCUT2D eigenvalue weighted by molar-refractivity contribution is -0.156. The molecule has 8 nitrogen and oxygen atoms in total. The van der Waals surface area contributed by atoms with Gasteiger partial charge in [0.1, 0.15) is 6.61 Å².